The third-order valence-electron chi connectivity index (χ3n) is 3.54. The summed E-state index contributed by atoms with van der Waals surface area (Å²) in [5, 5.41) is 0. The van der Waals surface area contributed by atoms with E-state index in [0.29, 0.717) is 12.5 Å². The van der Waals surface area contributed by atoms with Crippen molar-refractivity contribution in [1.29, 1.82) is 0 Å². The predicted octanol–water partition coefficient (Wildman–Crippen LogP) is 5.49. The smallest absolute Gasteiger partial charge is 0.119 e. The molecule has 2 rings (SSSR count). The standard InChI is InChI=1S/C17H22O.CH4/c1-3-14(2)16-9-11-17(12-10-16)18-13-15-7-5-4-6-8-15;/h5,7-12,14H,3-4,6,13H2,1-2H3;1H4. The van der Waals surface area contributed by atoms with Crippen LogP contribution in [0.5, 0.6) is 5.75 Å². The molecular formula is C18H26O. The molecule has 1 heteroatoms. The molecule has 1 nitrogen and oxygen atoms in total. The average Bonchev–Trinajstić information content (AvgIpc) is 2.46. The molecule has 0 N–H and O–H groups in total. The molecule has 0 saturated heterocycles. The summed E-state index contributed by atoms with van der Waals surface area (Å²) in [5.41, 5.74) is 2.67. The summed E-state index contributed by atoms with van der Waals surface area (Å²) in [7, 11) is 0. The normalized spacial score (nSPS) is 15.4. The fourth-order valence-electron chi connectivity index (χ4n) is 2.07. The minimum absolute atomic E-state index is 0. The van der Waals surface area contributed by atoms with Gasteiger partial charge in [0.15, 0.2) is 0 Å². The summed E-state index contributed by atoms with van der Waals surface area (Å²) in [6, 6.07) is 8.51. The van der Waals surface area contributed by atoms with Crippen molar-refractivity contribution in [3.63, 3.8) is 0 Å². The molecule has 0 spiro atoms. The van der Waals surface area contributed by atoms with Crippen molar-refractivity contribution < 1.29 is 4.74 Å². The van der Waals surface area contributed by atoms with Gasteiger partial charge in [-0.25, -0.2) is 0 Å². The first-order chi connectivity index (χ1) is 8.79. The Hall–Kier alpha value is -1.50. The van der Waals surface area contributed by atoms with Crippen LogP contribution < -0.4 is 4.74 Å². The van der Waals surface area contributed by atoms with Gasteiger partial charge >= 0.3 is 0 Å². The van der Waals surface area contributed by atoms with Gasteiger partial charge in [-0.05, 0) is 48.4 Å². The molecule has 0 amide bonds. The number of hydrogen-bond acceptors (Lipinski definition) is 1. The van der Waals surface area contributed by atoms with Gasteiger partial charge in [0.25, 0.3) is 0 Å². The third-order valence-corrected chi connectivity index (χ3v) is 3.54. The number of hydrogen-bond donors (Lipinski definition) is 0. The van der Waals surface area contributed by atoms with Gasteiger partial charge in [-0.2, -0.15) is 0 Å². The molecule has 0 aromatic heterocycles. The molecule has 1 unspecified atom stereocenters. The second-order valence-corrected chi connectivity index (χ2v) is 4.93. The topological polar surface area (TPSA) is 9.23 Å². The summed E-state index contributed by atoms with van der Waals surface area (Å²) in [6.07, 6.45) is 10.1. The fourth-order valence-corrected chi connectivity index (χ4v) is 2.07. The SMILES string of the molecule is C.CCC(C)c1ccc(OCC2=CCCC=C2)cc1. The zero-order valence-corrected chi connectivity index (χ0v) is 11.4. The molecule has 0 bridgehead atoms. The lowest BCUT2D eigenvalue weighted by Gasteiger charge is -2.12. The van der Waals surface area contributed by atoms with E-state index in [9.17, 15) is 0 Å². The Bertz CT molecular complexity index is 426. The third kappa shape index (κ3) is 4.59. The van der Waals surface area contributed by atoms with Crippen molar-refractivity contribution in [2.45, 2.75) is 46.5 Å². The molecule has 0 saturated carbocycles. The van der Waals surface area contributed by atoms with Crippen molar-refractivity contribution >= 4 is 0 Å². The average molecular weight is 258 g/mol. The van der Waals surface area contributed by atoms with Crippen LogP contribution in [0, 0.1) is 0 Å². The lowest BCUT2D eigenvalue weighted by Crippen LogP contribution is -2.01. The summed E-state index contributed by atoms with van der Waals surface area (Å²) in [6.45, 7) is 5.16. The molecule has 1 aromatic carbocycles. The molecule has 0 aliphatic heterocycles. The molecule has 1 aliphatic rings. The summed E-state index contributed by atoms with van der Waals surface area (Å²) in [5.74, 6) is 1.59. The van der Waals surface area contributed by atoms with Gasteiger partial charge < -0.3 is 4.74 Å². The molecule has 19 heavy (non-hydrogen) atoms. The molecular weight excluding hydrogens is 232 g/mol. The molecule has 0 heterocycles. The van der Waals surface area contributed by atoms with Gasteiger partial charge in [-0.1, -0.05) is 51.6 Å². The lowest BCUT2D eigenvalue weighted by atomic mass is 9.99. The van der Waals surface area contributed by atoms with Crippen LogP contribution >= 0.6 is 0 Å². The largest absolute Gasteiger partial charge is 0.489 e. The molecule has 0 radical (unpaired) electrons. The van der Waals surface area contributed by atoms with Crippen LogP contribution in [0.15, 0.2) is 48.1 Å². The van der Waals surface area contributed by atoms with Gasteiger partial charge in [0.05, 0.1) is 0 Å². The maximum absolute atomic E-state index is 5.79. The highest BCUT2D eigenvalue weighted by atomic mass is 16.5. The minimum Gasteiger partial charge on any atom is -0.489 e. The first-order valence-corrected chi connectivity index (χ1v) is 6.88. The number of ether oxygens (including phenoxy) is 1. The Labute approximate surface area is 118 Å². The summed E-state index contributed by atoms with van der Waals surface area (Å²) < 4.78 is 5.79. The van der Waals surface area contributed by atoms with E-state index in [1.807, 2.05) is 0 Å². The first kappa shape index (κ1) is 15.6. The molecule has 104 valence electrons. The second kappa shape index (κ2) is 7.83. The van der Waals surface area contributed by atoms with Gasteiger partial charge in [0.1, 0.15) is 12.4 Å². The second-order valence-electron chi connectivity index (χ2n) is 4.93. The van der Waals surface area contributed by atoms with Gasteiger partial charge in [-0.3, -0.25) is 0 Å². The zero-order chi connectivity index (χ0) is 12.8. The van der Waals surface area contributed by atoms with Crippen molar-refractivity contribution in [2.75, 3.05) is 6.61 Å². The van der Waals surface area contributed by atoms with E-state index in [0.717, 1.165) is 18.6 Å². The zero-order valence-electron chi connectivity index (χ0n) is 11.4. The van der Waals surface area contributed by atoms with Crippen LogP contribution in [-0.4, -0.2) is 6.61 Å². The molecule has 1 aromatic rings. The highest BCUT2D eigenvalue weighted by molar-refractivity contribution is 5.30. The maximum Gasteiger partial charge on any atom is 0.119 e. The highest BCUT2D eigenvalue weighted by Crippen LogP contribution is 2.22. The van der Waals surface area contributed by atoms with Crippen molar-refractivity contribution in [3.05, 3.63) is 53.6 Å². The molecule has 0 fully saturated rings. The van der Waals surface area contributed by atoms with Crippen LogP contribution in [0.3, 0.4) is 0 Å². The van der Waals surface area contributed by atoms with Crippen molar-refractivity contribution in [2.24, 2.45) is 0 Å². The van der Waals surface area contributed by atoms with Crippen molar-refractivity contribution in [1.82, 2.24) is 0 Å². The van der Waals surface area contributed by atoms with E-state index in [1.165, 1.54) is 17.6 Å². The van der Waals surface area contributed by atoms with Gasteiger partial charge in [-0.15, -0.1) is 0 Å². The molecule has 1 atom stereocenters. The Kier molecular flexibility index (Phi) is 6.41. The maximum atomic E-state index is 5.79. The van der Waals surface area contributed by atoms with E-state index >= 15 is 0 Å². The van der Waals surface area contributed by atoms with Crippen molar-refractivity contribution in [3.8, 4) is 5.75 Å². The number of benzene rings is 1. The quantitative estimate of drug-likeness (QED) is 0.678. The van der Waals surface area contributed by atoms with Crippen LogP contribution in [0.4, 0.5) is 0 Å². The van der Waals surface area contributed by atoms with Gasteiger partial charge in [0.2, 0.25) is 0 Å². The van der Waals surface area contributed by atoms with E-state index in [4.69, 9.17) is 4.74 Å². The van der Waals surface area contributed by atoms with Gasteiger partial charge in [0, 0.05) is 0 Å². The lowest BCUT2D eigenvalue weighted by molar-refractivity contribution is 0.354. The predicted molar refractivity (Wildman–Crippen MR) is 83.8 cm³/mol. The number of rotatable bonds is 5. The summed E-state index contributed by atoms with van der Waals surface area (Å²) in [4.78, 5) is 0. The minimum atomic E-state index is 0. The summed E-state index contributed by atoms with van der Waals surface area (Å²) >= 11 is 0. The van der Waals surface area contributed by atoms with Crippen LogP contribution in [-0.2, 0) is 0 Å². The highest BCUT2D eigenvalue weighted by Gasteiger charge is 2.03. The van der Waals surface area contributed by atoms with E-state index in [-0.39, 0.29) is 7.43 Å². The number of allylic oxidation sites excluding steroid dienone is 2. The van der Waals surface area contributed by atoms with E-state index in [1.54, 1.807) is 0 Å². The van der Waals surface area contributed by atoms with Crippen LogP contribution in [0.25, 0.3) is 0 Å². The first-order valence-electron chi connectivity index (χ1n) is 6.88. The fraction of sp³-hybridized carbons (Fsp3) is 0.444. The molecule has 1 aliphatic carbocycles. The van der Waals surface area contributed by atoms with Crippen LogP contribution in [0.2, 0.25) is 0 Å². The van der Waals surface area contributed by atoms with E-state index in [2.05, 4.69) is 56.3 Å². The monoisotopic (exact) mass is 258 g/mol. The Morgan fingerprint density at radius 2 is 1.89 bits per heavy atom. The van der Waals surface area contributed by atoms with E-state index < -0.39 is 0 Å². The Morgan fingerprint density at radius 1 is 1.16 bits per heavy atom. The van der Waals surface area contributed by atoms with Crippen LogP contribution in [0.1, 0.15) is 52.0 Å². The Balaban J connectivity index is 0.00000180. The Morgan fingerprint density at radius 3 is 2.47 bits per heavy atom.